The van der Waals surface area contributed by atoms with Gasteiger partial charge in [0.05, 0.1) is 24.3 Å². The Kier molecular flexibility index (Phi) is 4.33. The molecule has 0 amide bonds. The maximum absolute atomic E-state index is 11.9. The lowest BCUT2D eigenvalue weighted by molar-refractivity contribution is 0.265. The lowest BCUT2D eigenvalue weighted by atomic mass is 10.3. The van der Waals surface area contributed by atoms with Crippen molar-refractivity contribution < 1.29 is 18.3 Å². The number of nitrogens with one attached hydrogen (secondary N) is 1. The fourth-order valence-electron chi connectivity index (χ4n) is 1.23. The van der Waals surface area contributed by atoms with E-state index in [4.69, 9.17) is 15.6 Å². The van der Waals surface area contributed by atoms with E-state index in [1.54, 1.807) is 6.92 Å². The zero-order chi connectivity index (χ0) is 13.1. The summed E-state index contributed by atoms with van der Waals surface area (Å²) in [6.45, 7) is 1.29. The number of nitrogens with two attached hydrogens (primary N) is 1. The van der Waals surface area contributed by atoms with Gasteiger partial charge in [0.2, 0.25) is 10.0 Å². The van der Waals surface area contributed by atoms with Crippen molar-refractivity contribution in [3.63, 3.8) is 0 Å². The maximum atomic E-state index is 11.9. The highest BCUT2D eigenvalue weighted by molar-refractivity contribution is 7.89. The molecule has 0 spiro atoms. The molecule has 4 N–H and O–H groups in total. The minimum absolute atomic E-state index is 0.0452. The number of methoxy groups -OCH3 is 1. The van der Waals surface area contributed by atoms with E-state index in [1.807, 2.05) is 0 Å². The second kappa shape index (κ2) is 5.35. The fraction of sp³-hybridized carbons (Fsp3) is 0.400. The molecular weight excluding hydrogens is 244 g/mol. The summed E-state index contributed by atoms with van der Waals surface area (Å²) in [6, 6.07) is 3.62. The number of aliphatic hydroxyl groups excluding tert-OH is 1. The standard InChI is InChI=1S/C10H16N2O4S/c1-7(6-13)12-17(14,15)8-3-4-9(11)10(5-8)16-2/h3-5,7,12-13H,6,11H2,1-2H3/t7-/m0/s1. The minimum Gasteiger partial charge on any atom is -0.495 e. The van der Waals surface area contributed by atoms with Crippen LogP contribution in [0, 0.1) is 0 Å². The van der Waals surface area contributed by atoms with E-state index in [0.29, 0.717) is 11.4 Å². The number of aliphatic hydroxyl groups is 1. The molecule has 0 aromatic heterocycles. The van der Waals surface area contributed by atoms with Gasteiger partial charge in [-0.15, -0.1) is 0 Å². The van der Waals surface area contributed by atoms with Crippen molar-refractivity contribution in [2.24, 2.45) is 0 Å². The van der Waals surface area contributed by atoms with Gasteiger partial charge in [-0.2, -0.15) is 0 Å². The molecule has 0 radical (unpaired) electrons. The Morgan fingerprint density at radius 1 is 1.53 bits per heavy atom. The Morgan fingerprint density at radius 3 is 2.71 bits per heavy atom. The summed E-state index contributed by atoms with van der Waals surface area (Å²) in [5, 5.41) is 8.82. The van der Waals surface area contributed by atoms with E-state index in [9.17, 15) is 8.42 Å². The molecule has 1 aromatic rings. The van der Waals surface area contributed by atoms with Crippen LogP contribution >= 0.6 is 0 Å². The van der Waals surface area contributed by atoms with Crippen LogP contribution in [0.3, 0.4) is 0 Å². The first-order chi connectivity index (χ1) is 7.90. The fourth-order valence-corrected chi connectivity index (χ4v) is 2.48. The summed E-state index contributed by atoms with van der Waals surface area (Å²) in [4.78, 5) is 0.0452. The lowest BCUT2D eigenvalue weighted by Crippen LogP contribution is -2.35. The Bertz CT molecular complexity index is 487. The molecule has 0 aliphatic heterocycles. The molecule has 0 fully saturated rings. The van der Waals surface area contributed by atoms with Crippen molar-refractivity contribution in [2.45, 2.75) is 17.9 Å². The average Bonchev–Trinajstić information content (AvgIpc) is 2.28. The van der Waals surface area contributed by atoms with E-state index in [0.717, 1.165) is 0 Å². The van der Waals surface area contributed by atoms with Crippen LogP contribution in [-0.2, 0) is 10.0 Å². The molecule has 6 nitrogen and oxygen atoms in total. The van der Waals surface area contributed by atoms with Crippen LogP contribution in [0.25, 0.3) is 0 Å². The van der Waals surface area contributed by atoms with E-state index >= 15 is 0 Å². The number of sulfonamides is 1. The molecule has 0 aliphatic carbocycles. The molecule has 0 bridgehead atoms. The Morgan fingerprint density at radius 2 is 2.18 bits per heavy atom. The molecule has 1 rings (SSSR count). The van der Waals surface area contributed by atoms with Crippen molar-refractivity contribution in [2.75, 3.05) is 19.5 Å². The van der Waals surface area contributed by atoms with Gasteiger partial charge in [-0.05, 0) is 19.1 Å². The smallest absolute Gasteiger partial charge is 0.241 e. The molecule has 0 unspecified atom stereocenters. The van der Waals surface area contributed by atoms with Crippen LogP contribution in [0.15, 0.2) is 23.1 Å². The first kappa shape index (κ1) is 13.8. The Balaban J connectivity index is 3.07. The van der Waals surface area contributed by atoms with Gasteiger partial charge in [-0.1, -0.05) is 0 Å². The first-order valence-electron chi connectivity index (χ1n) is 4.97. The van der Waals surface area contributed by atoms with Crippen molar-refractivity contribution in [1.29, 1.82) is 0 Å². The summed E-state index contributed by atoms with van der Waals surface area (Å²) in [7, 11) is -2.26. The second-order valence-corrected chi connectivity index (χ2v) is 5.32. The topological polar surface area (TPSA) is 102 Å². The SMILES string of the molecule is COc1cc(S(=O)(=O)N[C@@H](C)CO)ccc1N. The van der Waals surface area contributed by atoms with Gasteiger partial charge in [-0.3, -0.25) is 0 Å². The summed E-state index contributed by atoms with van der Waals surface area (Å²) < 4.78 is 31.0. The summed E-state index contributed by atoms with van der Waals surface area (Å²) in [6.07, 6.45) is 0. The molecule has 96 valence electrons. The Labute approximate surface area is 100 Å². The lowest BCUT2D eigenvalue weighted by Gasteiger charge is -2.12. The molecule has 0 heterocycles. The predicted molar refractivity (Wildman–Crippen MR) is 64.3 cm³/mol. The predicted octanol–water partition coefficient (Wildman–Crippen LogP) is -0.0635. The second-order valence-electron chi connectivity index (χ2n) is 3.61. The molecule has 1 aromatic carbocycles. The van der Waals surface area contributed by atoms with E-state index in [1.165, 1.54) is 25.3 Å². The van der Waals surface area contributed by atoms with Crippen LogP contribution in [0.2, 0.25) is 0 Å². The highest BCUT2D eigenvalue weighted by Crippen LogP contribution is 2.24. The van der Waals surface area contributed by atoms with Crippen molar-refractivity contribution >= 4 is 15.7 Å². The number of anilines is 1. The van der Waals surface area contributed by atoms with Gasteiger partial charge in [0.25, 0.3) is 0 Å². The summed E-state index contributed by atoms with van der Waals surface area (Å²) in [5.41, 5.74) is 5.95. The van der Waals surface area contributed by atoms with E-state index < -0.39 is 16.1 Å². The van der Waals surface area contributed by atoms with Crippen molar-refractivity contribution in [1.82, 2.24) is 4.72 Å². The van der Waals surface area contributed by atoms with Gasteiger partial charge < -0.3 is 15.6 Å². The number of benzene rings is 1. The number of nitrogen functional groups attached to an aromatic ring is 1. The Hall–Kier alpha value is -1.31. The van der Waals surface area contributed by atoms with Crippen LogP contribution in [0.1, 0.15) is 6.92 Å². The van der Waals surface area contributed by atoms with Crippen molar-refractivity contribution in [3.05, 3.63) is 18.2 Å². The summed E-state index contributed by atoms with van der Waals surface area (Å²) >= 11 is 0. The monoisotopic (exact) mass is 260 g/mol. The number of hydrogen-bond donors (Lipinski definition) is 3. The molecule has 0 aliphatic rings. The molecule has 17 heavy (non-hydrogen) atoms. The third-order valence-corrected chi connectivity index (χ3v) is 3.73. The number of hydrogen-bond acceptors (Lipinski definition) is 5. The third-order valence-electron chi connectivity index (χ3n) is 2.15. The van der Waals surface area contributed by atoms with Gasteiger partial charge >= 0.3 is 0 Å². The zero-order valence-corrected chi connectivity index (χ0v) is 10.5. The van der Waals surface area contributed by atoms with Gasteiger partial charge in [0.1, 0.15) is 5.75 Å². The van der Waals surface area contributed by atoms with Crippen molar-refractivity contribution in [3.8, 4) is 5.75 Å². The van der Waals surface area contributed by atoms with E-state index in [2.05, 4.69) is 4.72 Å². The summed E-state index contributed by atoms with van der Waals surface area (Å²) in [5.74, 6) is 0.296. The third kappa shape index (κ3) is 3.32. The molecular formula is C10H16N2O4S. The van der Waals surface area contributed by atoms with Gasteiger partial charge in [-0.25, -0.2) is 13.1 Å². The highest BCUT2D eigenvalue weighted by atomic mass is 32.2. The minimum atomic E-state index is -3.67. The molecule has 7 heteroatoms. The van der Waals surface area contributed by atoms with Gasteiger partial charge in [0.15, 0.2) is 0 Å². The van der Waals surface area contributed by atoms with Crippen LogP contribution < -0.4 is 15.2 Å². The molecule has 0 saturated carbocycles. The highest BCUT2D eigenvalue weighted by Gasteiger charge is 2.18. The normalized spacial score (nSPS) is 13.4. The van der Waals surface area contributed by atoms with E-state index in [-0.39, 0.29) is 11.5 Å². The average molecular weight is 260 g/mol. The van der Waals surface area contributed by atoms with Crippen LogP contribution in [-0.4, -0.2) is 33.3 Å². The zero-order valence-electron chi connectivity index (χ0n) is 9.67. The number of ether oxygens (including phenoxy) is 1. The molecule has 0 saturated heterocycles. The number of rotatable bonds is 5. The van der Waals surface area contributed by atoms with Crippen LogP contribution in [0.4, 0.5) is 5.69 Å². The van der Waals surface area contributed by atoms with Gasteiger partial charge in [0, 0.05) is 12.1 Å². The molecule has 1 atom stereocenters. The largest absolute Gasteiger partial charge is 0.495 e. The first-order valence-corrected chi connectivity index (χ1v) is 6.45. The quantitative estimate of drug-likeness (QED) is 0.644. The maximum Gasteiger partial charge on any atom is 0.241 e. The van der Waals surface area contributed by atoms with Crippen LogP contribution in [0.5, 0.6) is 5.75 Å².